The zero-order chi connectivity index (χ0) is 22.7. The van der Waals surface area contributed by atoms with E-state index in [1.807, 2.05) is 31.1 Å². The van der Waals surface area contributed by atoms with Crippen molar-refractivity contribution in [2.24, 2.45) is 0 Å². The van der Waals surface area contributed by atoms with Gasteiger partial charge in [-0.15, -0.1) is 0 Å². The van der Waals surface area contributed by atoms with Gasteiger partial charge in [0, 0.05) is 17.1 Å². The van der Waals surface area contributed by atoms with Crippen molar-refractivity contribution in [3.05, 3.63) is 63.6 Å². The minimum Gasteiger partial charge on any atom is -0.507 e. The van der Waals surface area contributed by atoms with E-state index in [0.29, 0.717) is 24.3 Å². The Labute approximate surface area is 189 Å². The number of hydrogen-bond donors (Lipinski definition) is 2. The molecule has 0 spiro atoms. The first-order chi connectivity index (χ1) is 14.7. The molecule has 1 heterocycles. The third-order valence-corrected chi connectivity index (χ3v) is 5.72. The topological polar surface area (TPSA) is 90.3 Å². The third-order valence-electron chi connectivity index (χ3n) is 5.19. The lowest BCUT2D eigenvalue weighted by Gasteiger charge is -2.26. The van der Waals surface area contributed by atoms with Gasteiger partial charge in [-0.3, -0.25) is 9.59 Å². The fourth-order valence-corrected chi connectivity index (χ4v) is 3.91. The molecule has 1 fully saturated rings. The number of aromatic hydroxyl groups is 1. The highest BCUT2D eigenvalue weighted by atomic mass is 79.9. The molecule has 1 aliphatic rings. The molecule has 1 aliphatic heterocycles. The maximum atomic E-state index is 13.0. The monoisotopic (exact) mass is 488 g/mol. The number of aliphatic hydroxyl groups is 1. The number of halogens is 1. The van der Waals surface area contributed by atoms with Crippen LogP contribution in [0.3, 0.4) is 0 Å². The molecular weight excluding hydrogens is 464 g/mol. The molecule has 1 saturated heterocycles. The number of hydrogen-bond acceptors (Lipinski definition) is 6. The first kappa shape index (κ1) is 22.8. The number of benzene rings is 2. The molecule has 7 nitrogen and oxygen atoms in total. The number of nitrogens with zero attached hydrogens (tertiary/aromatic N) is 2. The van der Waals surface area contributed by atoms with Crippen LogP contribution in [0.5, 0.6) is 11.5 Å². The van der Waals surface area contributed by atoms with Gasteiger partial charge in [-0.1, -0.05) is 28.1 Å². The number of carbonyl (C=O) groups is 2. The summed E-state index contributed by atoms with van der Waals surface area (Å²) in [6.07, 6.45) is 0.668. The smallest absolute Gasteiger partial charge is 0.295 e. The Bertz CT molecular complexity index is 1020. The summed E-state index contributed by atoms with van der Waals surface area (Å²) in [5.74, 6) is -1.69. The molecule has 0 bridgehead atoms. The van der Waals surface area contributed by atoms with Crippen LogP contribution in [-0.4, -0.2) is 66.0 Å². The molecule has 1 amide bonds. The van der Waals surface area contributed by atoms with Crippen molar-refractivity contribution in [2.45, 2.75) is 12.5 Å². The van der Waals surface area contributed by atoms with Crippen LogP contribution in [-0.2, 0) is 9.59 Å². The number of Topliss-reactive ketones (excluding diaryl/α,β-unsaturated/α-hetero) is 1. The molecule has 0 radical (unpaired) electrons. The van der Waals surface area contributed by atoms with E-state index >= 15 is 0 Å². The molecule has 2 aromatic carbocycles. The van der Waals surface area contributed by atoms with Crippen molar-refractivity contribution >= 4 is 33.4 Å². The highest BCUT2D eigenvalue weighted by molar-refractivity contribution is 9.10. The number of ether oxygens (including phenoxy) is 1. The summed E-state index contributed by atoms with van der Waals surface area (Å²) in [5.41, 5.74) is 0.716. The van der Waals surface area contributed by atoms with Crippen LogP contribution in [0.1, 0.15) is 23.6 Å². The van der Waals surface area contributed by atoms with Crippen molar-refractivity contribution in [1.29, 1.82) is 0 Å². The lowest BCUT2D eigenvalue weighted by Crippen LogP contribution is -2.32. The fourth-order valence-electron chi connectivity index (χ4n) is 3.64. The minimum absolute atomic E-state index is 0.0438. The van der Waals surface area contributed by atoms with Gasteiger partial charge >= 0.3 is 0 Å². The number of amides is 1. The van der Waals surface area contributed by atoms with Crippen LogP contribution in [0.25, 0.3) is 5.76 Å². The minimum atomic E-state index is -0.773. The number of methoxy groups -OCH3 is 1. The van der Waals surface area contributed by atoms with Crippen molar-refractivity contribution in [1.82, 2.24) is 9.80 Å². The zero-order valence-corrected chi connectivity index (χ0v) is 19.2. The van der Waals surface area contributed by atoms with Crippen LogP contribution in [0, 0.1) is 0 Å². The number of likely N-dealkylation sites (tertiary alicyclic amines) is 1. The molecule has 0 unspecified atom stereocenters. The van der Waals surface area contributed by atoms with E-state index in [9.17, 15) is 19.8 Å². The zero-order valence-electron chi connectivity index (χ0n) is 17.6. The molecule has 0 saturated carbocycles. The molecule has 0 aromatic heterocycles. The number of rotatable bonds is 7. The van der Waals surface area contributed by atoms with Crippen molar-refractivity contribution in [3.63, 3.8) is 0 Å². The van der Waals surface area contributed by atoms with Crippen molar-refractivity contribution in [3.8, 4) is 11.5 Å². The van der Waals surface area contributed by atoms with Gasteiger partial charge in [0.2, 0.25) is 0 Å². The fraction of sp³-hybridized carbons (Fsp3) is 0.304. The van der Waals surface area contributed by atoms with Gasteiger partial charge in [0.1, 0.15) is 17.3 Å². The highest BCUT2D eigenvalue weighted by Gasteiger charge is 2.46. The number of aliphatic hydroxyl groups excluding tert-OH is 1. The number of phenols is 1. The number of ketones is 1. The Hall–Kier alpha value is -2.84. The standard InChI is InChI=1S/C23H25BrN2O5/c1-25(2)11-4-12-26-20(14-5-7-15(24)8-6-14)19(22(29)23(26)30)21(28)17-10-9-16(31-3)13-18(17)27/h5-10,13,20,27-28H,4,11-12H2,1-3H3/t20-/m0/s1. The van der Waals surface area contributed by atoms with E-state index in [-0.39, 0.29) is 16.9 Å². The van der Waals surface area contributed by atoms with Gasteiger partial charge in [0.15, 0.2) is 0 Å². The average molecular weight is 489 g/mol. The third kappa shape index (κ3) is 4.75. The van der Waals surface area contributed by atoms with Crippen molar-refractivity contribution < 1.29 is 24.5 Å². The molecular formula is C23H25BrN2O5. The maximum Gasteiger partial charge on any atom is 0.295 e. The van der Waals surface area contributed by atoms with E-state index in [1.54, 1.807) is 18.2 Å². The Morgan fingerprint density at radius 2 is 1.84 bits per heavy atom. The van der Waals surface area contributed by atoms with Crippen molar-refractivity contribution in [2.75, 3.05) is 34.3 Å². The van der Waals surface area contributed by atoms with Gasteiger partial charge in [0.05, 0.1) is 24.3 Å². The van der Waals surface area contributed by atoms with E-state index in [1.165, 1.54) is 24.1 Å². The first-order valence-electron chi connectivity index (χ1n) is 9.80. The predicted octanol–water partition coefficient (Wildman–Crippen LogP) is 3.54. The lowest BCUT2D eigenvalue weighted by molar-refractivity contribution is -0.139. The second-order valence-electron chi connectivity index (χ2n) is 7.58. The second-order valence-corrected chi connectivity index (χ2v) is 8.50. The molecule has 3 rings (SSSR count). The highest BCUT2D eigenvalue weighted by Crippen LogP contribution is 2.41. The Balaban J connectivity index is 2.11. The van der Waals surface area contributed by atoms with Gasteiger partial charge in [-0.05, 0) is 56.9 Å². The second kappa shape index (κ2) is 9.53. The molecule has 8 heteroatoms. The largest absolute Gasteiger partial charge is 0.507 e. The maximum absolute atomic E-state index is 13.0. The van der Waals surface area contributed by atoms with Gasteiger partial charge in [0.25, 0.3) is 11.7 Å². The van der Waals surface area contributed by atoms with Crippen LogP contribution in [0.4, 0.5) is 0 Å². The summed E-state index contributed by atoms with van der Waals surface area (Å²) in [4.78, 5) is 29.4. The van der Waals surface area contributed by atoms with E-state index in [0.717, 1.165) is 11.0 Å². The lowest BCUT2D eigenvalue weighted by atomic mass is 9.95. The van der Waals surface area contributed by atoms with Crippen LogP contribution in [0.15, 0.2) is 52.5 Å². The molecule has 0 aliphatic carbocycles. The molecule has 31 heavy (non-hydrogen) atoms. The summed E-state index contributed by atoms with van der Waals surface area (Å²) < 4.78 is 5.94. The first-order valence-corrected chi connectivity index (χ1v) is 10.6. The molecule has 2 aromatic rings. The number of phenolic OH excluding ortho intramolecular Hbond substituents is 1. The number of carbonyl (C=O) groups excluding carboxylic acids is 2. The van der Waals surface area contributed by atoms with Gasteiger partial charge in [-0.25, -0.2) is 0 Å². The van der Waals surface area contributed by atoms with Crippen LogP contribution in [0.2, 0.25) is 0 Å². The van der Waals surface area contributed by atoms with Crippen LogP contribution < -0.4 is 4.74 Å². The predicted molar refractivity (Wildman–Crippen MR) is 121 cm³/mol. The van der Waals surface area contributed by atoms with E-state index in [4.69, 9.17) is 4.74 Å². The van der Waals surface area contributed by atoms with Gasteiger partial charge in [-0.2, -0.15) is 0 Å². The summed E-state index contributed by atoms with van der Waals surface area (Å²) in [7, 11) is 5.33. The quantitative estimate of drug-likeness (QED) is 0.352. The molecule has 1 atom stereocenters. The van der Waals surface area contributed by atoms with E-state index < -0.39 is 23.5 Å². The van der Waals surface area contributed by atoms with Gasteiger partial charge < -0.3 is 24.7 Å². The summed E-state index contributed by atoms with van der Waals surface area (Å²) in [6.45, 7) is 1.10. The Morgan fingerprint density at radius 3 is 2.42 bits per heavy atom. The SMILES string of the molecule is COc1ccc(C(O)=C2C(=O)C(=O)N(CCCN(C)C)[C@H]2c2ccc(Br)cc2)c(O)c1. The average Bonchev–Trinajstić information content (AvgIpc) is 2.98. The molecule has 164 valence electrons. The Morgan fingerprint density at radius 1 is 1.16 bits per heavy atom. The van der Waals surface area contributed by atoms with Crippen LogP contribution >= 0.6 is 15.9 Å². The normalized spacial score (nSPS) is 18.1. The summed E-state index contributed by atoms with van der Waals surface area (Å²) in [6, 6.07) is 10.9. The van der Waals surface area contributed by atoms with E-state index in [2.05, 4.69) is 15.9 Å². The Kier molecular flexibility index (Phi) is 7.02. The summed E-state index contributed by atoms with van der Waals surface area (Å²) >= 11 is 3.40. The summed E-state index contributed by atoms with van der Waals surface area (Å²) in [5, 5.41) is 21.4. The molecule has 2 N–H and O–H groups in total.